The van der Waals surface area contributed by atoms with Gasteiger partial charge in [0, 0.05) is 19.7 Å². The van der Waals surface area contributed by atoms with Crippen molar-refractivity contribution >= 4 is 5.69 Å². The molecule has 0 bridgehead atoms. The SMILES string of the molecule is Nc1ccc(CN2CCC(CCO)C2)cc1F. The minimum Gasteiger partial charge on any atom is -0.396 e. The number of nitrogens with two attached hydrogens (primary N) is 1. The second-order valence-corrected chi connectivity index (χ2v) is 4.76. The molecule has 1 heterocycles. The summed E-state index contributed by atoms with van der Waals surface area (Å²) in [6, 6.07) is 5.00. The van der Waals surface area contributed by atoms with Crippen LogP contribution in [0.15, 0.2) is 18.2 Å². The Morgan fingerprint density at radius 3 is 3.00 bits per heavy atom. The van der Waals surface area contributed by atoms with Crippen molar-refractivity contribution in [3.63, 3.8) is 0 Å². The van der Waals surface area contributed by atoms with Gasteiger partial charge in [-0.05, 0) is 43.0 Å². The number of hydrogen-bond acceptors (Lipinski definition) is 3. The van der Waals surface area contributed by atoms with E-state index in [9.17, 15) is 4.39 Å². The van der Waals surface area contributed by atoms with E-state index in [1.165, 1.54) is 6.07 Å². The van der Waals surface area contributed by atoms with Crippen LogP contribution in [0, 0.1) is 11.7 Å². The number of rotatable bonds is 4. The molecule has 3 nitrogen and oxygen atoms in total. The lowest BCUT2D eigenvalue weighted by Gasteiger charge is -2.16. The van der Waals surface area contributed by atoms with Crippen LogP contribution in [0.4, 0.5) is 10.1 Å². The summed E-state index contributed by atoms with van der Waals surface area (Å²) in [6.45, 7) is 3.04. The molecule has 4 heteroatoms. The molecule has 0 aliphatic carbocycles. The Kier molecular flexibility index (Phi) is 3.97. The van der Waals surface area contributed by atoms with Gasteiger partial charge in [-0.2, -0.15) is 0 Å². The fourth-order valence-electron chi connectivity index (χ4n) is 2.40. The van der Waals surface area contributed by atoms with E-state index in [0.717, 1.165) is 38.0 Å². The Bertz CT molecular complexity index is 384. The molecule has 17 heavy (non-hydrogen) atoms. The Morgan fingerprint density at radius 1 is 1.47 bits per heavy atom. The van der Waals surface area contributed by atoms with E-state index >= 15 is 0 Å². The van der Waals surface area contributed by atoms with Crippen molar-refractivity contribution in [2.75, 3.05) is 25.4 Å². The highest BCUT2D eigenvalue weighted by Crippen LogP contribution is 2.22. The predicted molar refractivity (Wildman–Crippen MR) is 65.9 cm³/mol. The van der Waals surface area contributed by atoms with Crippen molar-refractivity contribution in [3.8, 4) is 0 Å². The molecule has 1 saturated heterocycles. The van der Waals surface area contributed by atoms with Gasteiger partial charge in [-0.25, -0.2) is 4.39 Å². The van der Waals surface area contributed by atoms with Crippen LogP contribution in [-0.4, -0.2) is 29.7 Å². The molecule has 2 rings (SSSR count). The molecular weight excluding hydrogens is 219 g/mol. The minimum atomic E-state index is -0.339. The first-order valence-electron chi connectivity index (χ1n) is 6.06. The van der Waals surface area contributed by atoms with E-state index in [-0.39, 0.29) is 18.1 Å². The zero-order valence-electron chi connectivity index (χ0n) is 9.90. The molecule has 0 amide bonds. The summed E-state index contributed by atoms with van der Waals surface area (Å²) in [5.74, 6) is 0.243. The molecule has 1 aliphatic heterocycles. The molecule has 1 aromatic rings. The second-order valence-electron chi connectivity index (χ2n) is 4.76. The quantitative estimate of drug-likeness (QED) is 0.784. The monoisotopic (exact) mass is 238 g/mol. The molecule has 94 valence electrons. The van der Waals surface area contributed by atoms with E-state index in [1.54, 1.807) is 6.07 Å². The lowest BCUT2D eigenvalue weighted by atomic mass is 10.1. The van der Waals surface area contributed by atoms with Gasteiger partial charge in [-0.1, -0.05) is 6.07 Å². The number of aliphatic hydroxyl groups excluding tert-OH is 1. The van der Waals surface area contributed by atoms with Crippen molar-refractivity contribution in [2.24, 2.45) is 5.92 Å². The highest BCUT2D eigenvalue weighted by atomic mass is 19.1. The van der Waals surface area contributed by atoms with Crippen molar-refractivity contribution in [2.45, 2.75) is 19.4 Å². The molecule has 1 unspecified atom stereocenters. The fourth-order valence-corrected chi connectivity index (χ4v) is 2.40. The summed E-state index contributed by atoms with van der Waals surface area (Å²) in [5.41, 5.74) is 6.60. The Labute approximate surface area is 101 Å². The Balaban J connectivity index is 1.91. The number of nitrogens with zero attached hydrogens (tertiary/aromatic N) is 1. The summed E-state index contributed by atoms with van der Waals surface area (Å²) in [4.78, 5) is 2.30. The Hall–Kier alpha value is -1.13. The molecular formula is C13H19FN2O. The molecule has 0 spiro atoms. The van der Waals surface area contributed by atoms with Crippen molar-refractivity contribution in [1.82, 2.24) is 4.90 Å². The van der Waals surface area contributed by atoms with Crippen LogP contribution in [0.5, 0.6) is 0 Å². The number of nitrogen functional groups attached to an aromatic ring is 1. The largest absolute Gasteiger partial charge is 0.396 e. The average Bonchev–Trinajstić information content (AvgIpc) is 2.72. The van der Waals surface area contributed by atoms with Crippen LogP contribution in [0.25, 0.3) is 0 Å². The maximum Gasteiger partial charge on any atom is 0.146 e. The second kappa shape index (κ2) is 5.47. The van der Waals surface area contributed by atoms with Gasteiger partial charge in [0.15, 0.2) is 0 Å². The summed E-state index contributed by atoms with van der Waals surface area (Å²) in [7, 11) is 0. The molecule has 1 aliphatic rings. The molecule has 1 atom stereocenters. The first kappa shape index (κ1) is 12.3. The van der Waals surface area contributed by atoms with Crippen LogP contribution in [-0.2, 0) is 6.54 Å². The number of aliphatic hydroxyl groups is 1. The van der Waals surface area contributed by atoms with E-state index in [4.69, 9.17) is 10.8 Å². The van der Waals surface area contributed by atoms with Crippen molar-refractivity contribution in [1.29, 1.82) is 0 Å². The lowest BCUT2D eigenvalue weighted by Crippen LogP contribution is -2.20. The molecule has 0 aromatic heterocycles. The Morgan fingerprint density at radius 2 is 2.29 bits per heavy atom. The van der Waals surface area contributed by atoms with Gasteiger partial charge < -0.3 is 10.8 Å². The third kappa shape index (κ3) is 3.17. The van der Waals surface area contributed by atoms with E-state index in [0.29, 0.717) is 5.92 Å². The standard InChI is InChI=1S/C13H19FN2O/c14-12-7-11(1-2-13(12)15)9-16-5-3-10(8-16)4-6-17/h1-2,7,10,17H,3-6,8-9,15H2. The maximum atomic E-state index is 13.3. The van der Waals surface area contributed by atoms with Crippen LogP contribution in [0.3, 0.4) is 0 Å². The molecule has 1 fully saturated rings. The zero-order valence-corrected chi connectivity index (χ0v) is 9.90. The number of likely N-dealkylation sites (tertiary alicyclic amines) is 1. The van der Waals surface area contributed by atoms with Gasteiger partial charge in [0.2, 0.25) is 0 Å². The summed E-state index contributed by atoms with van der Waals surface area (Å²) < 4.78 is 13.3. The first-order valence-corrected chi connectivity index (χ1v) is 6.06. The normalized spacial score (nSPS) is 20.9. The molecule has 1 aromatic carbocycles. The predicted octanol–water partition coefficient (Wildman–Crippen LogP) is 1.61. The van der Waals surface area contributed by atoms with Crippen LogP contribution < -0.4 is 5.73 Å². The number of hydrogen-bond donors (Lipinski definition) is 2. The van der Waals surface area contributed by atoms with Gasteiger partial charge >= 0.3 is 0 Å². The van der Waals surface area contributed by atoms with Gasteiger partial charge in [-0.3, -0.25) is 4.90 Å². The number of benzene rings is 1. The minimum absolute atomic E-state index is 0.202. The van der Waals surface area contributed by atoms with Crippen molar-refractivity contribution < 1.29 is 9.50 Å². The fraction of sp³-hybridized carbons (Fsp3) is 0.538. The summed E-state index contributed by atoms with van der Waals surface area (Å²) >= 11 is 0. The van der Waals surface area contributed by atoms with Crippen molar-refractivity contribution in [3.05, 3.63) is 29.6 Å². The molecule has 0 saturated carbocycles. The van der Waals surface area contributed by atoms with Crippen LogP contribution >= 0.6 is 0 Å². The van der Waals surface area contributed by atoms with E-state index < -0.39 is 0 Å². The third-order valence-corrected chi connectivity index (χ3v) is 3.38. The summed E-state index contributed by atoms with van der Waals surface area (Å²) in [6.07, 6.45) is 1.99. The third-order valence-electron chi connectivity index (χ3n) is 3.38. The highest BCUT2D eigenvalue weighted by molar-refractivity contribution is 5.41. The van der Waals surface area contributed by atoms with Crippen LogP contribution in [0.1, 0.15) is 18.4 Å². The van der Waals surface area contributed by atoms with Gasteiger partial charge in [0.1, 0.15) is 5.82 Å². The number of halogens is 1. The van der Waals surface area contributed by atoms with E-state index in [2.05, 4.69) is 4.90 Å². The van der Waals surface area contributed by atoms with Crippen LogP contribution in [0.2, 0.25) is 0 Å². The maximum absolute atomic E-state index is 13.3. The van der Waals surface area contributed by atoms with Gasteiger partial charge in [0.05, 0.1) is 5.69 Å². The molecule has 3 N–H and O–H groups in total. The topological polar surface area (TPSA) is 49.5 Å². The summed E-state index contributed by atoms with van der Waals surface area (Å²) in [5, 5.41) is 8.89. The van der Waals surface area contributed by atoms with Gasteiger partial charge in [0.25, 0.3) is 0 Å². The lowest BCUT2D eigenvalue weighted by molar-refractivity contribution is 0.249. The highest BCUT2D eigenvalue weighted by Gasteiger charge is 2.21. The number of anilines is 1. The van der Waals surface area contributed by atoms with E-state index in [1.807, 2.05) is 6.07 Å². The average molecular weight is 238 g/mol. The first-order chi connectivity index (χ1) is 8.19. The molecule has 0 radical (unpaired) electrons. The van der Waals surface area contributed by atoms with Gasteiger partial charge in [-0.15, -0.1) is 0 Å². The zero-order chi connectivity index (χ0) is 12.3. The smallest absolute Gasteiger partial charge is 0.146 e.